The van der Waals surface area contributed by atoms with Gasteiger partial charge in [-0.1, -0.05) is 18.2 Å². The van der Waals surface area contributed by atoms with Crippen molar-refractivity contribution >= 4 is 0 Å². The fraction of sp³-hybridized carbons (Fsp3) is 0.625. The predicted molar refractivity (Wildman–Crippen MR) is 79.6 cm³/mol. The Balaban J connectivity index is 1.98. The summed E-state index contributed by atoms with van der Waals surface area (Å²) in [6.45, 7) is 1.97. The van der Waals surface area contributed by atoms with E-state index in [2.05, 4.69) is 0 Å². The molecule has 2 aliphatic rings. The van der Waals surface area contributed by atoms with Crippen LogP contribution >= 0.6 is 0 Å². The first-order chi connectivity index (χ1) is 11.3. The normalized spacial score (nSPS) is 39.1. The molecule has 8 heteroatoms. The smallest absolute Gasteiger partial charge is 0.192 e. The lowest BCUT2D eigenvalue weighted by molar-refractivity contribution is -0.335. The van der Waals surface area contributed by atoms with Crippen LogP contribution in [0.15, 0.2) is 24.3 Å². The van der Waals surface area contributed by atoms with Gasteiger partial charge in [0.15, 0.2) is 17.7 Å². The Kier molecular flexibility index (Phi) is 4.67. The molecule has 2 saturated heterocycles. The van der Waals surface area contributed by atoms with E-state index in [1.165, 1.54) is 12.1 Å². The Labute approximate surface area is 138 Å². The van der Waals surface area contributed by atoms with Crippen molar-refractivity contribution in [3.8, 4) is 0 Å². The van der Waals surface area contributed by atoms with Gasteiger partial charge in [-0.05, 0) is 18.6 Å². The zero-order valence-electron chi connectivity index (χ0n) is 13.2. The summed E-state index contributed by atoms with van der Waals surface area (Å²) in [5, 5.41) is 50.5. The second kappa shape index (κ2) is 6.32. The van der Waals surface area contributed by atoms with Gasteiger partial charge in [-0.15, -0.1) is 0 Å². The predicted octanol–water partition coefficient (Wildman–Crippen LogP) is -1.47. The standard InChI is InChI=1S/C16H22O8/c1-15(22-5-6-23-15)9-3-2-4-10(7-9)16(21)13(19)12(18)11(8-17)24-14(16)20/h2-4,7,11-14,17-21H,5-6,8H2,1H3/t11-,12+,13+,14+,16-/m1/s1. The summed E-state index contributed by atoms with van der Waals surface area (Å²) < 4.78 is 16.2. The van der Waals surface area contributed by atoms with E-state index in [0.717, 1.165) is 0 Å². The largest absolute Gasteiger partial charge is 0.394 e. The van der Waals surface area contributed by atoms with Crippen LogP contribution in [0.5, 0.6) is 0 Å². The van der Waals surface area contributed by atoms with Crippen LogP contribution in [0.4, 0.5) is 0 Å². The van der Waals surface area contributed by atoms with Crippen molar-refractivity contribution in [2.75, 3.05) is 19.8 Å². The molecule has 0 bridgehead atoms. The molecule has 2 fully saturated rings. The topological polar surface area (TPSA) is 129 Å². The maximum Gasteiger partial charge on any atom is 0.192 e. The van der Waals surface area contributed by atoms with E-state index in [-0.39, 0.29) is 5.56 Å². The molecule has 24 heavy (non-hydrogen) atoms. The molecule has 0 aliphatic carbocycles. The molecule has 0 saturated carbocycles. The van der Waals surface area contributed by atoms with Crippen LogP contribution in [0.1, 0.15) is 18.1 Å². The van der Waals surface area contributed by atoms with E-state index in [0.29, 0.717) is 18.8 Å². The molecule has 8 nitrogen and oxygen atoms in total. The van der Waals surface area contributed by atoms with Crippen molar-refractivity contribution in [3.05, 3.63) is 35.4 Å². The number of rotatable bonds is 3. The van der Waals surface area contributed by atoms with Gasteiger partial charge in [-0.25, -0.2) is 0 Å². The Bertz CT molecular complexity index is 587. The van der Waals surface area contributed by atoms with Crippen molar-refractivity contribution in [1.82, 2.24) is 0 Å². The SMILES string of the molecule is CC1(c2cccc([C@]3(O)[C@@H](O)O[C@H](CO)[C@H](O)[C@@H]3O)c2)OCCO1. The van der Waals surface area contributed by atoms with Crippen LogP contribution in [0, 0.1) is 0 Å². The van der Waals surface area contributed by atoms with E-state index >= 15 is 0 Å². The first-order valence-corrected chi connectivity index (χ1v) is 7.75. The van der Waals surface area contributed by atoms with Gasteiger partial charge in [0.25, 0.3) is 0 Å². The number of aliphatic hydroxyl groups excluding tert-OH is 4. The molecule has 5 atom stereocenters. The first kappa shape index (κ1) is 17.7. The summed E-state index contributed by atoms with van der Waals surface area (Å²) in [6, 6.07) is 6.35. The Morgan fingerprint density at radius 3 is 2.38 bits per heavy atom. The minimum Gasteiger partial charge on any atom is -0.394 e. The maximum absolute atomic E-state index is 10.9. The van der Waals surface area contributed by atoms with Gasteiger partial charge in [0.2, 0.25) is 0 Å². The van der Waals surface area contributed by atoms with Gasteiger partial charge >= 0.3 is 0 Å². The molecule has 0 unspecified atom stereocenters. The third-order valence-electron chi connectivity index (χ3n) is 4.70. The molecule has 134 valence electrons. The van der Waals surface area contributed by atoms with Crippen LogP contribution < -0.4 is 0 Å². The van der Waals surface area contributed by atoms with Crippen molar-refractivity contribution in [2.45, 2.75) is 42.9 Å². The zero-order chi connectivity index (χ0) is 17.5. The van der Waals surface area contributed by atoms with Crippen LogP contribution in [0.25, 0.3) is 0 Å². The molecular weight excluding hydrogens is 320 g/mol. The van der Waals surface area contributed by atoms with Crippen molar-refractivity contribution in [3.63, 3.8) is 0 Å². The van der Waals surface area contributed by atoms with E-state index < -0.39 is 42.6 Å². The Morgan fingerprint density at radius 2 is 1.75 bits per heavy atom. The second-order valence-electron chi connectivity index (χ2n) is 6.19. The summed E-state index contributed by atoms with van der Waals surface area (Å²) in [5.41, 5.74) is -1.55. The monoisotopic (exact) mass is 342 g/mol. The molecule has 0 amide bonds. The van der Waals surface area contributed by atoms with Gasteiger partial charge in [-0.3, -0.25) is 0 Å². The van der Waals surface area contributed by atoms with Crippen molar-refractivity contribution in [2.24, 2.45) is 0 Å². The lowest BCUT2D eigenvalue weighted by Crippen LogP contribution is -2.64. The third kappa shape index (κ3) is 2.65. The van der Waals surface area contributed by atoms with Crippen LogP contribution in [-0.4, -0.2) is 70.0 Å². The van der Waals surface area contributed by atoms with Gasteiger partial charge in [-0.2, -0.15) is 0 Å². The van der Waals surface area contributed by atoms with E-state index in [4.69, 9.17) is 19.3 Å². The van der Waals surface area contributed by atoms with Gasteiger partial charge in [0.05, 0.1) is 19.8 Å². The quantitative estimate of drug-likeness (QED) is 0.450. The molecule has 3 rings (SSSR count). The average molecular weight is 342 g/mol. The third-order valence-corrected chi connectivity index (χ3v) is 4.70. The molecule has 0 radical (unpaired) electrons. The lowest BCUT2D eigenvalue weighted by atomic mass is 9.80. The highest BCUT2D eigenvalue weighted by Crippen LogP contribution is 2.39. The number of hydrogen-bond acceptors (Lipinski definition) is 8. The molecule has 5 N–H and O–H groups in total. The minimum atomic E-state index is -2.27. The van der Waals surface area contributed by atoms with Crippen molar-refractivity contribution < 1.29 is 39.7 Å². The summed E-state index contributed by atoms with van der Waals surface area (Å²) in [6.07, 6.45) is -6.35. The number of hydrogen-bond donors (Lipinski definition) is 5. The Morgan fingerprint density at radius 1 is 1.12 bits per heavy atom. The van der Waals surface area contributed by atoms with Crippen LogP contribution in [-0.2, 0) is 25.6 Å². The summed E-state index contributed by atoms with van der Waals surface area (Å²) in [5.74, 6) is -0.996. The van der Waals surface area contributed by atoms with Gasteiger partial charge in [0, 0.05) is 5.56 Å². The number of benzene rings is 1. The molecule has 1 aromatic carbocycles. The number of ether oxygens (including phenoxy) is 3. The van der Waals surface area contributed by atoms with Gasteiger partial charge < -0.3 is 39.7 Å². The molecular formula is C16H22O8. The fourth-order valence-corrected chi connectivity index (χ4v) is 3.16. The molecule has 1 aromatic rings. The highest BCUT2D eigenvalue weighted by atomic mass is 16.7. The van der Waals surface area contributed by atoms with Crippen LogP contribution in [0.3, 0.4) is 0 Å². The highest BCUT2D eigenvalue weighted by Gasteiger charge is 2.55. The molecule has 2 heterocycles. The van der Waals surface area contributed by atoms with Gasteiger partial charge in [0.1, 0.15) is 18.3 Å². The zero-order valence-corrected chi connectivity index (χ0v) is 13.2. The highest BCUT2D eigenvalue weighted by molar-refractivity contribution is 5.33. The summed E-state index contributed by atoms with van der Waals surface area (Å²) in [4.78, 5) is 0. The molecule has 0 aromatic heterocycles. The van der Waals surface area contributed by atoms with E-state index in [1.54, 1.807) is 19.1 Å². The molecule has 0 spiro atoms. The van der Waals surface area contributed by atoms with E-state index in [1.807, 2.05) is 0 Å². The van der Waals surface area contributed by atoms with Crippen LogP contribution in [0.2, 0.25) is 0 Å². The first-order valence-electron chi connectivity index (χ1n) is 7.75. The summed E-state index contributed by atoms with van der Waals surface area (Å²) >= 11 is 0. The Hall–Kier alpha value is -1.10. The average Bonchev–Trinajstić information content (AvgIpc) is 3.04. The number of aliphatic hydroxyl groups is 5. The molecule has 2 aliphatic heterocycles. The lowest BCUT2D eigenvalue weighted by Gasteiger charge is -2.46. The minimum absolute atomic E-state index is 0.135. The maximum atomic E-state index is 10.9. The van der Waals surface area contributed by atoms with E-state index in [9.17, 15) is 20.4 Å². The second-order valence-corrected chi connectivity index (χ2v) is 6.19. The summed E-state index contributed by atoms with van der Waals surface area (Å²) in [7, 11) is 0. The fourth-order valence-electron chi connectivity index (χ4n) is 3.16. The van der Waals surface area contributed by atoms with Crippen molar-refractivity contribution in [1.29, 1.82) is 0 Å².